The maximum Gasteiger partial charge on any atom is 0.256 e. The van der Waals surface area contributed by atoms with Gasteiger partial charge < -0.3 is 10.6 Å². The van der Waals surface area contributed by atoms with Crippen LogP contribution in [0.2, 0.25) is 0 Å². The van der Waals surface area contributed by atoms with Crippen LogP contribution in [0, 0.1) is 13.8 Å². The maximum absolute atomic E-state index is 13.1. The minimum Gasteiger partial charge on any atom is -0.349 e. The topological polar surface area (TPSA) is 75.3 Å². The Morgan fingerprint density at radius 2 is 1.39 bits per heavy atom. The second-order valence-electron chi connectivity index (χ2n) is 7.95. The number of benzene rings is 3. The van der Waals surface area contributed by atoms with Crippen LogP contribution in [0.5, 0.6) is 0 Å². The molecule has 0 spiro atoms. The van der Waals surface area contributed by atoms with E-state index in [4.69, 9.17) is 0 Å². The van der Waals surface area contributed by atoms with Gasteiger partial charge in [0, 0.05) is 28.4 Å². The first-order valence-corrected chi connectivity index (χ1v) is 10.4. The van der Waals surface area contributed by atoms with Crippen LogP contribution in [-0.4, -0.2) is 23.6 Å². The molecule has 1 aliphatic rings. The van der Waals surface area contributed by atoms with E-state index in [1.54, 1.807) is 54.6 Å². The summed E-state index contributed by atoms with van der Waals surface area (Å²) in [6.45, 7) is 3.95. The Kier molecular flexibility index (Phi) is 5.67. The van der Waals surface area contributed by atoms with Gasteiger partial charge >= 0.3 is 0 Å². The Labute approximate surface area is 181 Å². The van der Waals surface area contributed by atoms with Crippen LogP contribution in [0.3, 0.4) is 0 Å². The van der Waals surface area contributed by atoms with E-state index in [1.165, 1.54) is 0 Å². The molecular formula is C26H24N2O3. The van der Waals surface area contributed by atoms with E-state index in [1.807, 2.05) is 26.0 Å². The predicted molar refractivity (Wildman–Crippen MR) is 121 cm³/mol. The Bertz CT molecular complexity index is 1160. The van der Waals surface area contributed by atoms with E-state index in [0.717, 1.165) is 24.0 Å². The lowest BCUT2D eigenvalue weighted by atomic mass is 9.95. The number of amides is 2. The van der Waals surface area contributed by atoms with E-state index in [9.17, 15) is 14.4 Å². The number of hydrogen-bond acceptors (Lipinski definition) is 3. The van der Waals surface area contributed by atoms with Gasteiger partial charge in [-0.3, -0.25) is 14.4 Å². The lowest BCUT2D eigenvalue weighted by Crippen LogP contribution is -2.25. The molecule has 0 unspecified atom stereocenters. The zero-order valence-corrected chi connectivity index (χ0v) is 17.6. The second kappa shape index (κ2) is 8.56. The van der Waals surface area contributed by atoms with Crippen LogP contribution in [0.25, 0.3) is 0 Å². The standard InChI is InChI=1S/C26H24N2O3/c1-16-7-8-19(15-17(16)2)24(29)22-5-3-4-6-23(22)26(31)28-20-11-9-18(10-12-20)25(30)27-21-13-14-21/h3-12,15,21H,13-14H2,1-2H3,(H,27,30)(H,28,31). The van der Waals surface area contributed by atoms with Gasteiger partial charge in [0.25, 0.3) is 11.8 Å². The number of anilines is 1. The lowest BCUT2D eigenvalue weighted by molar-refractivity contribution is 0.0950. The molecule has 4 rings (SSSR count). The first kappa shape index (κ1) is 20.5. The number of nitrogens with one attached hydrogen (secondary N) is 2. The SMILES string of the molecule is Cc1ccc(C(=O)c2ccccc2C(=O)Nc2ccc(C(=O)NC3CC3)cc2)cc1C. The first-order chi connectivity index (χ1) is 14.9. The summed E-state index contributed by atoms with van der Waals surface area (Å²) in [5, 5.41) is 5.76. The van der Waals surface area contributed by atoms with Gasteiger partial charge in [0.05, 0.1) is 5.56 Å². The monoisotopic (exact) mass is 412 g/mol. The normalized spacial score (nSPS) is 12.8. The molecule has 31 heavy (non-hydrogen) atoms. The molecular weight excluding hydrogens is 388 g/mol. The maximum atomic E-state index is 13.1. The smallest absolute Gasteiger partial charge is 0.256 e. The number of rotatable bonds is 6. The van der Waals surface area contributed by atoms with Crippen molar-refractivity contribution >= 4 is 23.3 Å². The van der Waals surface area contributed by atoms with Gasteiger partial charge in [-0.05, 0) is 74.2 Å². The summed E-state index contributed by atoms with van der Waals surface area (Å²) in [6.07, 6.45) is 2.06. The highest BCUT2D eigenvalue weighted by atomic mass is 16.2. The first-order valence-electron chi connectivity index (χ1n) is 10.4. The highest BCUT2D eigenvalue weighted by Crippen LogP contribution is 2.21. The Hall–Kier alpha value is -3.73. The van der Waals surface area contributed by atoms with Gasteiger partial charge in [0.15, 0.2) is 5.78 Å². The average Bonchev–Trinajstić information content (AvgIpc) is 3.59. The van der Waals surface area contributed by atoms with Crippen molar-refractivity contribution in [2.45, 2.75) is 32.7 Å². The molecule has 0 aromatic heterocycles. The van der Waals surface area contributed by atoms with Gasteiger partial charge in [-0.2, -0.15) is 0 Å². The Morgan fingerprint density at radius 3 is 2.03 bits per heavy atom. The van der Waals surface area contributed by atoms with Gasteiger partial charge in [-0.15, -0.1) is 0 Å². The molecule has 0 radical (unpaired) electrons. The largest absolute Gasteiger partial charge is 0.349 e. The van der Waals surface area contributed by atoms with Crippen molar-refractivity contribution in [2.75, 3.05) is 5.32 Å². The third-order valence-corrected chi connectivity index (χ3v) is 5.50. The molecule has 0 bridgehead atoms. The molecule has 0 atom stereocenters. The van der Waals surface area contributed by atoms with Gasteiger partial charge in [0.2, 0.25) is 0 Å². The summed E-state index contributed by atoms with van der Waals surface area (Å²) in [5.74, 6) is -0.673. The number of ketones is 1. The molecule has 2 N–H and O–H groups in total. The molecule has 0 aliphatic heterocycles. The number of carbonyl (C=O) groups is 3. The lowest BCUT2D eigenvalue weighted by Gasteiger charge is -2.11. The third-order valence-electron chi connectivity index (χ3n) is 5.50. The van der Waals surface area contributed by atoms with Crippen LogP contribution in [0.15, 0.2) is 66.7 Å². The fourth-order valence-corrected chi connectivity index (χ4v) is 3.32. The van der Waals surface area contributed by atoms with Crippen LogP contribution < -0.4 is 10.6 Å². The van der Waals surface area contributed by atoms with E-state index in [2.05, 4.69) is 10.6 Å². The summed E-state index contributed by atoms with van der Waals surface area (Å²) in [5.41, 5.74) is 4.45. The van der Waals surface area contributed by atoms with Crippen molar-refractivity contribution in [3.05, 3.63) is 100 Å². The van der Waals surface area contributed by atoms with Crippen LogP contribution in [0.4, 0.5) is 5.69 Å². The third kappa shape index (κ3) is 4.72. The molecule has 1 saturated carbocycles. The van der Waals surface area contributed by atoms with E-state index in [0.29, 0.717) is 34.0 Å². The van der Waals surface area contributed by atoms with Crippen LogP contribution >= 0.6 is 0 Å². The number of carbonyl (C=O) groups excluding carboxylic acids is 3. The van der Waals surface area contributed by atoms with E-state index in [-0.39, 0.29) is 17.6 Å². The second-order valence-corrected chi connectivity index (χ2v) is 7.95. The van der Waals surface area contributed by atoms with Gasteiger partial charge in [-0.1, -0.05) is 30.3 Å². The molecule has 156 valence electrons. The molecule has 5 heteroatoms. The quantitative estimate of drug-likeness (QED) is 0.577. The summed E-state index contributed by atoms with van der Waals surface area (Å²) in [4.78, 5) is 38.1. The molecule has 5 nitrogen and oxygen atoms in total. The molecule has 0 saturated heterocycles. The molecule has 1 aliphatic carbocycles. The Morgan fingerprint density at radius 1 is 0.742 bits per heavy atom. The van der Waals surface area contributed by atoms with Crippen molar-refractivity contribution < 1.29 is 14.4 Å². The van der Waals surface area contributed by atoms with Crippen LogP contribution in [0.1, 0.15) is 60.6 Å². The predicted octanol–water partition coefficient (Wildman–Crippen LogP) is 4.68. The number of hydrogen-bond donors (Lipinski definition) is 2. The molecule has 3 aromatic rings. The number of aryl methyl sites for hydroxylation is 2. The van der Waals surface area contributed by atoms with E-state index >= 15 is 0 Å². The molecule has 1 fully saturated rings. The van der Waals surface area contributed by atoms with Crippen molar-refractivity contribution in [2.24, 2.45) is 0 Å². The fourth-order valence-electron chi connectivity index (χ4n) is 3.32. The summed E-state index contributed by atoms with van der Waals surface area (Å²) in [7, 11) is 0. The average molecular weight is 412 g/mol. The van der Waals surface area contributed by atoms with Crippen molar-refractivity contribution in [3.63, 3.8) is 0 Å². The molecule has 2 amide bonds. The summed E-state index contributed by atoms with van der Waals surface area (Å²) >= 11 is 0. The fraction of sp³-hybridized carbons (Fsp3) is 0.192. The Balaban J connectivity index is 1.52. The zero-order chi connectivity index (χ0) is 22.0. The van der Waals surface area contributed by atoms with Crippen LogP contribution in [-0.2, 0) is 0 Å². The highest BCUT2D eigenvalue weighted by molar-refractivity contribution is 6.17. The molecule has 3 aromatic carbocycles. The minimum absolute atomic E-state index is 0.107. The minimum atomic E-state index is -0.372. The zero-order valence-electron chi connectivity index (χ0n) is 17.6. The van der Waals surface area contributed by atoms with Gasteiger partial charge in [0.1, 0.15) is 0 Å². The van der Waals surface area contributed by atoms with Crippen molar-refractivity contribution in [1.29, 1.82) is 0 Å². The highest BCUT2D eigenvalue weighted by Gasteiger charge is 2.24. The van der Waals surface area contributed by atoms with Gasteiger partial charge in [-0.25, -0.2) is 0 Å². The van der Waals surface area contributed by atoms with E-state index < -0.39 is 0 Å². The summed E-state index contributed by atoms with van der Waals surface area (Å²) < 4.78 is 0. The molecule has 0 heterocycles. The van der Waals surface area contributed by atoms with Crippen molar-refractivity contribution in [3.8, 4) is 0 Å². The summed E-state index contributed by atoms with van der Waals surface area (Å²) in [6, 6.07) is 19.3. The van der Waals surface area contributed by atoms with Crippen molar-refractivity contribution in [1.82, 2.24) is 5.32 Å².